The lowest BCUT2D eigenvalue weighted by Gasteiger charge is -2.52. The predicted molar refractivity (Wildman–Crippen MR) is 54.4 cm³/mol. The molecule has 0 saturated heterocycles. The summed E-state index contributed by atoms with van der Waals surface area (Å²) in [5.74, 6) is 2.55. The van der Waals surface area contributed by atoms with E-state index in [9.17, 15) is 4.79 Å². The van der Waals surface area contributed by atoms with Crippen LogP contribution in [0.25, 0.3) is 0 Å². The number of carbonyl (C=O) groups excluding carboxylic acids is 1. The van der Waals surface area contributed by atoms with Crippen molar-refractivity contribution in [3.05, 3.63) is 0 Å². The average Bonchev–Trinajstić information content (AvgIpc) is 2.18. The number of rotatable bonds is 1. The van der Waals surface area contributed by atoms with Crippen molar-refractivity contribution in [1.29, 1.82) is 5.26 Å². The maximum Gasteiger partial charge on any atom is 0.140 e. The van der Waals surface area contributed by atoms with Crippen LogP contribution in [0, 0.1) is 34.3 Å². The second-order valence-corrected chi connectivity index (χ2v) is 5.91. The lowest BCUT2D eigenvalue weighted by atomic mass is 9.55. The summed E-state index contributed by atoms with van der Waals surface area (Å²) in [6.45, 7) is 0. The fourth-order valence-electron chi connectivity index (χ4n) is 3.82. The van der Waals surface area contributed by atoms with E-state index in [-0.39, 0.29) is 5.92 Å². The van der Waals surface area contributed by atoms with Crippen LogP contribution < -0.4 is 0 Å². The third kappa shape index (κ3) is 1.07. The summed E-state index contributed by atoms with van der Waals surface area (Å²) in [5, 5.41) is 11.3. The molecule has 4 aliphatic carbocycles. The van der Waals surface area contributed by atoms with Gasteiger partial charge in [0.15, 0.2) is 0 Å². The summed E-state index contributed by atoms with van der Waals surface area (Å²) >= 11 is 1.36. The molecule has 14 heavy (non-hydrogen) atoms. The van der Waals surface area contributed by atoms with Crippen LogP contribution in [0.1, 0.15) is 25.7 Å². The minimum atomic E-state index is 0.232. The summed E-state index contributed by atoms with van der Waals surface area (Å²) in [6.07, 6.45) is 4.58. The Morgan fingerprint density at radius 1 is 1.29 bits per heavy atom. The molecule has 5 atom stereocenters. The normalized spacial score (nSPS) is 49.4. The lowest BCUT2D eigenvalue weighted by Crippen LogP contribution is -2.52. The fraction of sp³-hybridized carbons (Fsp3) is 0.818. The number of thiocyanates is 1. The maximum absolute atomic E-state index is 11.9. The van der Waals surface area contributed by atoms with Crippen molar-refractivity contribution in [1.82, 2.24) is 0 Å². The maximum atomic E-state index is 11.9. The molecule has 3 heteroatoms. The van der Waals surface area contributed by atoms with Crippen LogP contribution in [0.4, 0.5) is 0 Å². The van der Waals surface area contributed by atoms with Crippen LogP contribution in [0.5, 0.6) is 0 Å². The van der Waals surface area contributed by atoms with Gasteiger partial charge < -0.3 is 0 Å². The zero-order chi connectivity index (χ0) is 9.71. The molecule has 4 bridgehead atoms. The van der Waals surface area contributed by atoms with Gasteiger partial charge in [0.1, 0.15) is 11.2 Å². The monoisotopic (exact) mass is 207 g/mol. The Morgan fingerprint density at radius 2 is 2.14 bits per heavy atom. The van der Waals surface area contributed by atoms with E-state index >= 15 is 0 Å². The average molecular weight is 207 g/mol. The van der Waals surface area contributed by atoms with Gasteiger partial charge in [-0.2, -0.15) is 5.26 Å². The summed E-state index contributed by atoms with van der Waals surface area (Å²) in [6, 6.07) is 0. The summed E-state index contributed by atoms with van der Waals surface area (Å²) < 4.78 is 0. The van der Waals surface area contributed by atoms with Gasteiger partial charge in [0.25, 0.3) is 0 Å². The number of nitrogens with zero attached hydrogens (tertiary/aromatic N) is 1. The SMILES string of the molecule is N#CS[C@H]1[C@H]2C[C@@H]3C[C@H](C2)C(=O)[C@H]1C3. The topological polar surface area (TPSA) is 40.9 Å². The van der Waals surface area contributed by atoms with E-state index in [2.05, 4.69) is 5.40 Å². The van der Waals surface area contributed by atoms with Crippen molar-refractivity contribution in [2.45, 2.75) is 30.9 Å². The molecule has 0 aromatic carbocycles. The Bertz CT molecular complexity index is 322. The fourth-order valence-corrected chi connectivity index (χ4v) is 4.77. The second kappa shape index (κ2) is 3.00. The molecule has 4 saturated carbocycles. The molecule has 0 unspecified atom stereocenters. The van der Waals surface area contributed by atoms with E-state index in [0.29, 0.717) is 22.9 Å². The molecule has 0 aromatic rings. The lowest BCUT2D eigenvalue weighted by molar-refractivity contribution is -0.139. The molecule has 4 rings (SSSR count). The van der Waals surface area contributed by atoms with Crippen LogP contribution in [0.2, 0.25) is 0 Å². The first kappa shape index (κ1) is 8.79. The number of carbonyl (C=O) groups is 1. The number of hydrogen-bond donors (Lipinski definition) is 0. The molecular weight excluding hydrogens is 194 g/mol. The van der Waals surface area contributed by atoms with Crippen LogP contribution in [0.15, 0.2) is 0 Å². The van der Waals surface area contributed by atoms with Crippen molar-refractivity contribution in [3.8, 4) is 5.40 Å². The molecular formula is C11H13NOS. The first-order valence-corrected chi connectivity index (χ1v) is 6.26. The molecule has 0 aliphatic heterocycles. The van der Waals surface area contributed by atoms with Crippen LogP contribution in [-0.2, 0) is 4.79 Å². The molecule has 0 spiro atoms. The highest BCUT2D eigenvalue weighted by Crippen LogP contribution is 2.55. The van der Waals surface area contributed by atoms with Gasteiger partial charge >= 0.3 is 0 Å². The quantitative estimate of drug-likeness (QED) is 0.619. The van der Waals surface area contributed by atoms with Gasteiger partial charge in [-0.25, -0.2) is 0 Å². The van der Waals surface area contributed by atoms with Gasteiger partial charge in [0.2, 0.25) is 0 Å². The molecule has 74 valence electrons. The van der Waals surface area contributed by atoms with E-state index < -0.39 is 0 Å². The zero-order valence-electron chi connectivity index (χ0n) is 7.98. The van der Waals surface area contributed by atoms with Gasteiger partial charge in [-0.15, -0.1) is 0 Å². The molecule has 2 nitrogen and oxygen atoms in total. The minimum Gasteiger partial charge on any atom is -0.299 e. The summed E-state index contributed by atoms with van der Waals surface area (Å²) in [5.41, 5.74) is 0. The van der Waals surface area contributed by atoms with Gasteiger partial charge in [-0.05, 0) is 49.3 Å². The van der Waals surface area contributed by atoms with Crippen molar-refractivity contribution in [3.63, 3.8) is 0 Å². The minimum absolute atomic E-state index is 0.232. The third-order valence-electron chi connectivity index (χ3n) is 4.25. The smallest absolute Gasteiger partial charge is 0.140 e. The highest BCUT2D eigenvalue weighted by atomic mass is 32.2. The van der Waals surface area contributed by atoms with E-state index in [0.717, 1.165) is 25.2 Å². The Balaban J connectivity index is 1.90. The number of nitriles is 1. The molecule has 4 aliphatic rings. The van der Waals surface area contributed by atoms with E-state index in [1.54, 1.807) is 0 Å². The van der Waals surface area contributed by atoms with E-state index in [1.807, 2.05) is 0 Å². The zero-order valence-corrected chi connectivity index (χ0v) is 8.80. The Morgan fingerprint density at radius 3 is 2.93 bits per heavy atom. The first-order valence-electron chi connectivity index (χ1n) is 5.38. The standard InChI is InChI=1S/C11H13NOS/c12-5-14-11-8-2-6-1-7(4-8)10(13)9(11)3-6/h6-9,11H,1-4H2/t6-,7+,8-,9+,11-/m0/s1. The largest absolute Gasteiger partial charge is 0.299 e. The van der Waals surface area contributed by atoms with Crippen molar-refractivity contribution < 1.29 is 4.79 Å². The molecule has 0 radical (unpaired) electrons. The van der Waals surface area contributed by atoms with Crippen LogP contribution in [-0.4, -0.2) is 11.0 Å². The summed E-state index contributed by atoms with van der Waals surface area (Å²) in [7, 11) is 0. The third-order valence-corrected chi connectivity index (χ3v) is 5.34. The highest BCUT2D eigenvalue weighted by Gasteiger charge is 2.53. The van der Waals surface area contributed by atoms with Crippen molar-refractivity contribution in [2.75, 3.05) is 0 Å². The Labute approximate surface area is 88.0 Å². The highest BCUT2D eigenvalue weighted by molar-refractivity contribution is 8.04. The Hall–Kier alpha value is -0.490. The van der Waals surface area contributed by atoms with Gasteiger partial charge in [0, 0.05) is 17.1 Å². The van der Waals surface area contributed by atoms with Gasteiger partial charge in [-0.1, -0.05) is 0 Å². The molecule has 0 amide bonds. The first-order chi connectivity index (χ1) is 6.79. The van der Waals surface area contributed by atoms with E-state index in [4.69, 9.17) is 5.26 Å². The number of ketones is 1. The van der Waals surface area contributed by atoms with Crippen LogP contribution in [0.3, 0.4) is 0 Å². The Kier molecular flexibility index (Phi) is 1.88. The molecule has 0 aromatic heterocycles. The second-order valence-electron chi connectivity index (χ2n) is 4.95. The van der Waals surface area contributed by atoms with Crippen molar-refractivity contribution >= 4 is 17.5 Å². The molecule has 4 fully saturated rings. The van der Waals surface area contributed by atoms with E-state index in [1.165, 1.54) is 18.2 Å². The van der Waals surface area contributed by atoms with Gasteiger partial charge in [0.05, 0.1) is 0 Å². The molecule has 0 N–H and O–H groups in total. The number of Topliss-reactive ketones (excluding diaryl/α,β-unsaturated/α-hetero) is 1. The van der Waals surface area contributed by atoms with Crippen molar-refractivity contribution in [2.24, 2.45) is 23.7 Å². The predicted octanol–water partition coefficient (Wildman–Crippen LogP) is 2.20. The number of thioether (sulfide) groups is 1. The number of hydrogen-bond acceptors (Lipinski definition) is 3. The molecule has 0 heterocycles. The summed E-state index contributed by atoms with van der Waals surface area (Å²) in [4.78, 5) is 11.9. The van der Waals surface area contributed by atoms with Gasteiger partial charge in [-0.3, -0.25) is 4.79 Å². The van der Waals surface area contributed by atoms with Crippen LogP contribution >= 0.6 is 11.8 Å².